The Balaban J connectivity index is 1.40. The molecule has 3 rings (SSSR count). The lowest BCUT2D eigenvalue weighted by Gasteiger charge is -2.28. The predicted molar refractivity (Wildman–Crippen MR) is 105 cm³/mol. The van der Waals surface area contributed by atoms with Crippen molar-refractivity contribution in [2.75, 3.05) is 50.1 Å². The Hall–Kier alpha value is -2.39. The SMILES string of the molecule is Cc1nc(OCCNC(=O)CSc2ccc(F)cc2)cc(N2CCOCC2)n1. The van der Waals surface area contributed by atoms with Crippen molar-refractivity contribution in [1.82, 2.24) is 15.3 Å². The summed E-state index contributed by atoms with van der Waals surface area (Å²) in [5.74, 6) is 1.82. The van der Waals surface area contributed by atoms with Gasteiger partial charge in [-0.25, -0.2) is 9.37 Å². The fourth-order valence-electron chi connectivity index (χ4n) is 2.63. The molecular formula is C19H23FN4O3S. The molecule has 0 atom stereocenters. The normalized spacial score (nSPS) is 14.0. The predicted octanol–water partition coefficient (Wildman–Crippen LogP) is 2.05. The number of ether oxygens (including phenoxy) is 2. The number of thioether (sulfide) groups is 1. The number of rotatable bonds is 8. The first-order valence-electron chi connectivity index (χ1n) is 9.06. The molecule has 0 unspecified atom stereocenters. The molecule has 1 aromatic heterocycles. The van der Waals surface area contributed by atoms with Gasteiger partial charge < -0.3 is 19.7 Å². The number of benzene rings is 1. The molecule has 1 amide bonds. The van der Waals surface area contributed by atoms with Crippen LogP contribution in [0.15, 0.2) is 35.2 Å². The molecule has 150 valence electrons. The van der Waals surface area contributed by atoms with Gasteiger partial charge in [0.05, 0.1) is 25.5 Å². The van der Waals surface area contributed by atoms with Crippen LogP contribution in [0.4, 0.5) is 10.2 Å². The fraction of sp³-hybridized carbons (Fsp3) is 0.421. The van der Waals surface area contributed by atoms with Crippen molar-refractivity contribution in [3.63, 3.8) is 0 Å². The van der Waals surface area contributed by atoms with Crippen LogP contribution < -0.4 is 15.0 Å². The van der Waals surface area contributed by atoms with E-state index in [9.17, 15) is 9.18 Å². The van der Waals surface area contributed by atoms with Crippen LogP contribution in [0.2, 0.25) is 0 Å². The lowest BCUT2D eigenvalue weighted by molar-refractivity contribution is -0.118. The number of aromatic nitrogens is 2. The van der Waals surface area contributed by atoms with Crippen molar-refractivity contribution in [2.45, 2.75) is 11.8 Å². The summed E-state index contributed by atoms with van der Waals surface area (Å²) in [7, 11) is 0. The van der Waals surface area contributed by atoms with E-state index in [0.29, 0.717) is 38.1 Å². The fourth-order valence-corrected chi connectivity index (χ4v) is 3.36. The number of carbonyl (C=O) groups is 1. The van der Waals surface area contributed by atoms with Crippen LogP contribution in [0.25, 0.3) is 0 Å². The number of morpholine rings is 1. The summed E-state index contributed by atoms with van der Waals surface area (Å²) in [6, 6.07) is 7.87. The summed E-state index contributed by atoms with van der Waals surface area (Å²) in [5, 5.41) is 2.80. The zero-order valence-corrected chi connectivity index (χ0v) is 16.5. The van der Waals surface area contributed by atoms with Crippen molar-refractivity contribution >= 4 is 23.5 Å². The minimum absolute atomic E-state index is 0.106. The summed E-state index contributed by atoms with van der Waals surface area (Å²) in [6.45, 7) is 5.45. The third-order valence-corrected chi connectivity index (χ3v) is 5.01. The average Bonchev–Trinajstić information content (AvgIpc) is 2.71. The molecule has 2 heterocycles. The van der Waals surface area contributed by atoms with Crippen LogP contribution in [-0.4, -0.2) is 61.1 Å². The molecule has 0 saturated carbocycles. The highest BCUT2D eigenvalue weighted by atomic mass is 32.2. The summed E-state index contributed by atoms with van der Waals surface area (Å²) < 4.78 is 23.9. The number of halogens is 1. The van der Waals surface area contributed by atoms with E-state index < -0.39 is 0 Å². The Kier molecular flexibility index (Phi) is 7.44. The van der Waals surface area contributed by atoms with E-state index in [0.717, 1.165) is 23.8 Å². The number of nitrogens with one attached hydrogen (secondary N) is 1. The van der Waals surface area contributed by atoms with Crippen molar-refractivity contribution in [3.05, 3.63) is 42.0 Å². The van der Waals surface area contributed by atoms with Crippen LogP contribution in [0.1, 0.15) is 5.82 Å². The smallest absolute Gasteiger partial charge is 0.230 e. The highest BCUT2D eigenvalue weighted by Gasteiger charge is 2.14. The molecule has 7 nitrogen and oxygen atoms in total. The molecule has 2 aromatic rings. The van der Waals surface area contributed by atoms with Crippen molar-refractivity contribution < 1.29 is 18.7 Å². The van der Waals surface area contributed by atoms with E-state index in [2.05, 4.69) is 20.2 Å². The van der Waals surface area contributed by atoms with Crippen molar-refractivity contribution in [2.24, 2.45) is 0 Å². The van der Waals surface area contributed by atoms with Crippen molar-refractivity contribution in [1.29, 1.82) is 0 Å². The number of amides is 1. The molecule has 1 N–H and O–H groups in total. The van der Waals surface area contributed by atoms with E-state index in [1.54, 1.807) is 12.1 Å². The number of anilines is 1. The molecule has 0 spiro atoms. The first-order valence-corrected chi connectivity index (χ1v) is 10.0. The number of aryl methyl sites for hydroxylation is 1. The van der Waals surface area contributed by atoms with Crippen molar-refractivity contribution in [3.8, 4) is 5.88 Å². The second-order valence-electron chi connectivity index (χ2n) is 6.15. The first-order chi connectivity index (χ1) is 13.6. The Morgan fingerprint density at radius 1 is 1.29 bits per heavy atom. The number of hydrogen-bond donors (Lipinski definition) is 1. The molecule has 0 radical (unpaired) electrons. The summed E-state index contributed by atoms with van der Waals surface area (Å²) >= 11 is 1.36. The molecule has 0 aliphatic carbocycles. The lowest BCUT2D eigenvalue weighted by atomic mass is 10.4. The Morgan fingerprint density at radius 2 is 2.04 bits per heavy atom. The van der Waals surface area contributed by atoms with Gasteiger partial charge in [-0.1, -0.05) is 0 Å². The van der Waals surface area contributed by atoms with Gasteiger partial charge in [-0.2, -0.15) is 4.98 Å². The summed E-state index contributed by atoms with van der Waals surface area (Å²) in [6.07, 6.45) is 0. The van der Waals surface area contributed by atoms with Gasteiger partial charge in [-0.3, -0.25) is 4.79 Å². The van der Waals surface area contributed by atoms with E-state index >= 15 is 0 Å². The third-order valence-electron chi connectivity index (χ3n) is 3.99. The number of nitrogens with zero attached hydrogens (tertiary/aromatic N) is 3. The molecule has 0 bridgehead atoms. The second-order valence-corrected chi connectivity index (χ2v) is 7.20. The zero-order valence-electron chi connectivity index (χ0n) is 15.7. The van der Waals surface area contributed by atoms with Crippen LogP contribution >= 0.6 is 11.8 Å². The van der Waals surface area contributed by atoms with Gasteiger partial charge in [0.2, 0.25) is 11.8 Å². The number of carbonyl (C=O) groups excluding carboxylic acids is 1. The summed E-state index contributed by atoms with van der Waals surface area (Å²) in [5.41, 5.74) is 0. The van der Waals surface area contributed by atoms with Gasteiger partial charge in [-0.05, 0) is 31.2 Å². The molecule has 9 heteroatoms. The van der Waals surface area contributed by atoms with E-state index in [1.165, 1.54) is 23.9 Å². The molecule has 1 aromatic carbocycles. The van der Waals surface area contributed by atoms with Gasteiger partial charge in [0.25, 0.3) is 0 Å². The average molecular weight is 406 g/mol. The maximum absolute atomic E-state index is 12.9. The van der Waals surface area contributed by atoms with Crippen LogP contribution in [0, 0.1) is 12.7 Å². The molecule has 1 saturated heterocycles. The van der Waals surface area contributed by atoms with E-state index in [-0.39, 0.29) is 17.5 Å². The number of hydrogen-bond acceptors (Lipinski definition) is 7. The minimum atomic E-state index is -0.289. The highest BCUT2D eigenvalue weighted by Crippen LogP contribution is 2.19. The van der Waals surface area contributed by atoms with Crippen LogP contribution in [-0.2, 0) is 9.53 Å². The largest absolute Gasteiger partial charge is 0.476 e. The standard InChI is InChI=1S/C19H23FN4O3S/c1-14-22-17(24-7-10-26-11-8-24)12-19(23-14)27-9-6-21-18(25)13-28-16-4-2-15(20)3-5-16/h2-5,12H,6-11,13H2,1H3,(H,21,25). The highest BCUT2D eigenvalue weighted by molar-refractivity contribution is 8.00. The maximum atomic E-state index is 12.9. The summed E-state index contributed by atoms with van der Waals surface area (Å²) in [4.78, 5) is 23.6. The van der Waals surface area contributed by atoms with Crippen LogP contribution in [0.5, 0.6) is 5.88 Å². The molecule has 1 aliphatic rings. The monoisotopic (exact) mass is 406 g/mol. The second kappa shape index (κ2) is 10.2. The Bertz CT molecular complexity index is 785. The van der Waals surface area contributed by atoms with Gasteiger partial charge >= 0.3 is 0 Å². The minimum Gasteiger partial charge on any atom is -0.476 e. The zero-order chi connectivity index (χ0) is 19.8. The van der Waals surface area contributed by atoms with E-state index in [1.807, 2.05) is 13.0 Å². The first kappa shape index (κ1) is 20.3. The van der Waals surface area contributed by atoms with Gasteiger partial charge in [-0.15, -0.1) is 11.8 Å². The van der Waals surface area contributed by atoms with Crippen LogP contribution in [0.3, 0.4) is 0 Å². The molecule has 1 aliphatic heterocycles. The quantitative estimate of drug-likeness (QED) is 0.531. The Labute approximate surface area is 167 Å². The van der Waals surface area contributed by atoms with E-state index in [4.69, 9.17) is 9.47 Å². The van der Waals surface area contributed by atoms with Gasteiger partial charge in [0.15, 0.2) is 0 Å². The molecule has 28 heavy (non-hydrogen) atoms. The van der Waals surface area contributed by atoms with Gasteiger partial charge in [0.1, 0.15) is 24.1 Å². The third kappa shape index (κ3) is 6.35. The maximum Gasteiger partial charge on any atom is 0.230 e. The topological polar surface area (TPSA) is 76.6 Å². The molecular weight excluding hydrogens is 383 g/mol. The molecule has 1 fully saturated rings. The Morgan fingerprint density at radius 3 is 2.79 bits per heavy atom. The lowest BCUT2D eigenvalue weighted by Crippen LogP contribution is -2.37. The van der Waals surface area contributed by atoms with Gasteiger partial charge in [0, 0.05) is 24.1 Å².